The van der Waals surface area contributed by atoms with E-state index in [1.165, 1.54) is 6.07 Å². The second-order valence-corrected chi connectivity index (χ2v) is 3.99. The maximum atomic E-state index is 10.9. The molecule has 1 rings (SSSR count). The van der Waals surface area contributed by atoms with E-state index >= 15 is 0 Å². The molecule has 1 atom stereocenters. The van der Waals surface area contributed by atoms with Gasteiger partial charge in [0.2, 0.25) is 0 Å². The molecular weight excluding hydrogens is 220 g/mol. The van der Waals surface area contributed by atoms with Gasteiger partial charge in [0, 0.05) is 18.7 Å². The third-order valence-corrected chi connectivity index (χ3v) is 2.77. The Bertz CT molecular complexity index is 393. The Morgan fingerprint density at radius 3 is 2.76 bits per heavy atom. The van der Waals surface area contributed by atoms with Gasteiger partial charge in [0.25, 0.3) is 5.69 Å². The normalized spacial score (nSPS) is 12.2. The second kappa shape index (κ2) is 6.20. The van der Waals surface area contributed by atoms with Gasteiger partial charge in [0.1, 0.15) is 5.69 Å². The first-order chi connectivity index (χ1) is 8.10. The highest BCUT2D eigenvalue weighted by Gasteiger charge is 2.17. The van der Waals surface area contributed by atoms with Crippen molar-refractivity contribution in [3.8, 4) is 0 Å². The molecule has 5 heteroatoms. The van der Waals surface area contributed by atoms with E-state index < -0.39 is 0 Å². The molecule has 5 nitrogen and oxygen atoms in total. The van der Waals surface area contributed by atoms with Crippen molar-refractivity contribution < 1.29 is 10.0 Å². The molecule has 0 aromatic heterocycles. The molecular formula is C12H18N2O3. The van der Waals surface area contributed by atoms with Crippen LogP contribution in [0.5, 0.6) is 0 Å². The zero-order valence-electron chi connectivity index (χ0n) is 10.1. The van der Waals surface area contributed by atoms with Crippen LogP contribution in [-0.4, -0.2) is 22.7 Å². The molecule has 0 radical (unpaired) electrons. The molecule has 0 fully saturated rings. The van der Waals surface area contributed by atoms with Crippen molar-refractivity contribution in [2.24, 2.45) is 0 Å². The number of rotatable bonds is 6. The van der Waals surface area contributed by atoms with Crippen LogP contribution in [0.2, 0.25) is 0 Å². The number of benzene rings is 1. The van der Waals surface area contributed by atoms with E-state index in [0.29, 0.717) is 12.1 Å². The number of aliphatic hydroxyl groups excluding tert-OH is 1. The molecule has 1 aromatic carbocycles. The topological polar surface area (TPSA) is 75.4 Å². The summed E-state index contributed by atoms with van der Waals surface area (Å²) in [5.41, 5.74) is 1.48. The maximum absolute atomic E-state index is 10.9. The summed E-state index contributed by atoms with van der Waals surface area (Å²) in [6.45, 7) is 3.89. The minimum absolute atomic E-state index is 0.0554. The van der Waals surface area contributed by atoms with E-state index in [9.17, 15) is 10.1 Å². The Morgan fingerprint density at radius 2 is 2.24 bits per heavy atom. The van der Waals surface area contributed by atoms with Crippen LogP contribution in [0.15, 0.2) is 18.2 Å². The highest BCUT2D eigenvalue weighted by molar-refractivity contribution is 5.66. The third kappa shape index (κ3) is 3.42. The number of aliphatic hydroxyl groups is 1. The summed E-state index contributed by atoms with van der Waals surface area (Å²) in [5, 5.41) is 23.0. The van der Waals surface area contributed by atoms with Crippen LogP contribution in [0.4, 0.5) is 11.4 Å². The molecule has 2 N–H and O–H groups in total. The van der Waals surface area contributed by atoms with Crippen molar-refractivity contribution in [3.63, 3.8) is 0 Å². The van der Waals surface area contributed by atoms with Crippen molar-refractivity contribution in [2.75, 3.05) is 11.9 Å². The molecule has 0 aliphatic rings. The summed E-state index contributed by atoms with van der Waals surface area (Å²) in [7, 11) is 0. The lowest BCUT2D eigenvalue weighted by atomic mass is 10.1. The van der Waals surface area contributed by atoms with Gasteiger partial charge >= 0.3 is 0 Å². The molecule has 17 heavy (non-hydrogen) atoms. The number of hydrogen-bond donors (Lipinski definition) is 2. The number of nitrogens with zero attached hydrogens (tertiary/aromatic N) is 1. The average molecular weight is 238 g/mol. The van der Waals surface area contributed by atoms with Crippen LogP contribution in [0.3, 0.4) is 0 Å². The average Bonchev–Trinajstić information content (AvgIpc) is 2.30. The largest absolute Gasteiger partial charge is 0.396 e. The zero-order valence-corrected chi connectivity index (χ0v) is 10.1. The van der Waals surface area contributed by atoms with E-state index in [4.69, 9.17) is 5.11 Å². The summed E-state index contributed by atoms with van der Waals surface area (Å²) in [6, 6.07) is 5.05. The number of nitro groups is 1. The lowest BCUT2D eigenvalue weighted by Crippen LogP contribution is -2.21. The summed E-state index contributed by atoms with van der Waals surface area (Å²) in [4.78, 5) is 10.5. The Morgan fingerprint density at radius 1 is 1.53 bits per heavy atom. The van der Waals surface area contributed by atoms with Crippen LogP contribution in [0.25, 0.3) is 0 Å². The van der Waals surface area contributed by atoms with Crippen molar-refractivity contribution in [1.29, 1.82) is 0 Å². The number of nitro benzene ring substituents is 1. The minimum atomic E-state index is -0.388. The standard InChI is InChI=1S/C12H18N2O3/c1-3-10(7-8-15)13-12-9(2)5-4-6-11(12)14(16)17/h4-6,10,13,15H,3,7-8H2,1-2H3. The Labute approximate surface area is 101 Å². The van der Waals surface area contributed by atoms with E-state index in [1.54, 1.807) is 6.07 Å². The fourth-order valence-corrected chi connectivity index (χ4v) is 1.73. The number of nitrogens with one attached hydrogen (secondary N) is 1. The summed E-state index contributed by atoms with van der Waals surface area (Å²) in [6.07, 6.45) is 1.40. The first kappa shape index (κ1) is 13.4. The van der Waals surface area contributed by atoms with Gasteiger partial charge in [-0.15, -0.1) is 0 Å². The van der Waals surface area contributed by atoms with Crippen molar-refractivity contribution in [2.45, 2.75) is 32.7 Å². The predicted octanol–water partition coefficient (Wildman–Crippen LogP) is 2.48. The molecule has 0 bridgehead atoms. The molecule has 0 heterocycles. The summed E-state index contributed by atoms with van der Waals surface area (Å²) < 4.78 is 0. The Kier molecular flexibility index (Phi) is 4.90. The maximum Gasteiger partial charge on any atom is 0.292 e. The van der Waals surface area contributed by atoms with Crippen LogP contribution < -0.4 is 5.32 Å². The molecule has 0 amide bonds. The first-order valence-corrected chi connectivity index (χ1v) is 5.71. The second-order valence-electron chi connectivity index (χ2n) is 3.99. The fraction of sp³-hybridized carbons (Fsp3) is 0.500. The van der Waals surface area contributed by atoms with E-state index in [2.05, 4.69) is 5.32 Å². The third-order valence-electron chi connectivity index (χ3n) is 2.77. The van der Waals surface area contributed by atoms with Crippen molar-refractivity contribution in [1.82, 2.24) is 0 Å². The molecule has 0 aliphatic heterocycles. The van der Waals surface area contributed by atoms with Gasteiger partial charge in [-0.3, -0.25) is 10.1 Å². The Balaban J connectivity index is 2.99. The van der Waals surface area contributed by atoms with E-state index in [0.717, 1.165) is 12.0 Å². The zero-order chi connectivity index (χ0) is 12.8. The molecule has 94 valence electrons. The minimum Gasteiger partial charge on any atom is -0.396 e. The van der Waals surface area contributed by atoms with E-state index in [1.807, 2.05) is 19.9 Å². The first-order valence-electron chi connectivity index (χ1n) is 5.71. The van der Waals surface area contributed by atoms with Gasteiger partial charge in [0.05, 0.1) is 4.92 Å². The number of anilines is 1. The van der Waals surface area contributed by atoms with Crippen LogP contribution in [-0.2, 0) is 0 Å². The molecule has 0 saturated carbocycles. The SMILES string of the molecule is CCC(CCO)Nc1c(C)cccc1[N+](=O)[O-]. The van der Waals surface area contributed by atoms with Gasteiger partial charge in [-0.25, -0.2) is 0 Å². The molecule has 0 aliphatic carbocycles. The molecule has 1 aromatic rings. The van der Waals surface area contributed by atoms with Gasteiger partial charge < -0.3 is 10.4 Å². The number of aryl methyl sites for hydroxylation is 1. The highest BCUT2D eigenvalue weighted by atomic mass is 16.6. The van der Waals surface area contributed by atoms with Gasteiger partial charge in [-0.2, -0.15) is 0 Å². The van der Waals surface area contributed by atoms with Crippen LogP contribution >= 0.6 is 0 Å². The summed E-state index contributed by atoms with van der Waals surface area (Å²) >= 11 is 0. The van der Waals surface area contributed by atoms with Gasteiger partial charge in [-0.05, 0) is 25.3 Å². The highest BCUT2D eigenvalue weighted by Crippen LogP contribution is 2.28. The van der Waals surface area contributed by atoms with Crippen LogP contribution in [0.1, 0.15) is 25.3 Å². The van der Waals surface area contributed by atoms with Crippen LogP contribution in [0, 0.1) is 17.0 Å². The fourth-order valence-electron chi connectivity index (χ4n) is 1.73. The van der Waals surface area contributed by atoms with E-state index in [-0.39, 0.29) is 23.3 Å². The Hall–Kier alpha value is -1.62. The molecule has 0 saturated heterocycles. The smallest absolute Gasteiger partial charge is 0.292 e. The molecule has 1 unspecified atom stereocenters. The monoisotopic (exact) mass is 238 g/mol. The van der Waals surface area contributed by atoms with Crippen molar-refractivity contribution >= 4 is 11.4 Å². The number of hydrogen-bond acceptors (Lipinski definition) is 4. The van der Waals surface area contributed by atoms with Crippen molar-refractivity contribution in [3.05, 3.63) is 33.9 Å². The lowest BCUT2D eigenvalue weighted by molar-refractivity contribution is -0.384. The lowest BCUT2D eigenvalue weighted by Gasteiger charge is -2.18. The van der Waals surface area contributed by atoms with Gasteiger partial charge in [-0.1, -0.05) is 19.1 Å². The van der Waals surface area contributed by atoms with Gasteiger partial charge in [0.15, 0.2) is 0 Å². The quantitative estimate of drug-likeness (QED) is 0.589. The predicted molar refractivity (Wildman–Crippen MR) is 67.2 cm³/mol. The summed E-state index contributed by atoms with van der Waals surface area (Å²) in [5.74, 6) is 0. The molecule has 0 spiro atoms. The number of para-hydroxylation sites is 1.